The molecule has 35 heavy (non-hydrogen) atoms. The Morgan fingerprint density at radius 3 is 2.74 bits per heavy atom. The fourth-order valence-corrected chi connectivity index (χ4v) is 5.10. The van der Waals surface area contributed by atoms with E-state index in [0.717, 1.165) is 11.3 Å². The van der Waals surface area contributed by atoms with Gasteiger partial charge in [0.05, 0.1) is 30.7 Å². The molecule has 0 unspecified atom stereocenters. The van der Waals surface area contributed by atoms with E-state index in [9.17, 15) is 19.2 Å². The van der Waals surface area contributed by atoms with Crippen LogP contribution in [0.15, 0.2) is 29.1 Å². The lowest BCUT2D eigenvalue weighted by Gasteiger charge is -2.19. The largest absolute Gasteiger partial charge is 0.495 e. The number of esters is 2. The molecule has 4 rings (SSSR count). The number of nitrogens with one attached hydrogen (secondary N) is 1. The van der Waals surface area contributed by atoms with Crippen LogP contribution < -0.4 is 15.2 Å². The van der Waals surface area contributed by atoms with Crippen LogP contribution in [0.3, 0.4) is 0 Å². The van der Waals surface area contributed by atoms with Crippen molar-refractivity contribution in [1.82, 2.24) is 9.97 Å². The number of aryl methyl sites for hydroxylation is 1. The number of thiophene rings is 1. The van der Waals surface area contributed by atoms with Crippen molar-refractivity contribution in [2.45, 2.75) is 33.3 Å². The van der Waals surface area contributed by atoms with Crippen LogP contribution in [0.2, 0.25) is 0 Å². The summed E-state index contributed by atoms with van der Waals surface area (Å²) in [5, 5.41) is 0.300. The summed E-state index contributed by atoms with van der Waals surface area (Å²) in [6, 6.07) is 7.08. The predicted molar refractivity (Wildman–Crippen MR) is 129 cm³/mol. The maximum absolute atomic E-state index is 12.9. The number of aromatic amines is 1. The molecule has 2 atom stereocenters. The zero-order valence-corrected chi connectivity index (χ0v) is 20.6. The molecule has 2 aromatic heterocycles. The van der Waals surface area contributed by atoms with Crippen LogP contribution in [-0.2, 0) is 19.1 Å². The number of benzene rings is 1. The van der Waals surface area contributed by atoms with Crippen molar-refractivity contribution in [3.63, 3.8) is 0 Å². The van der Waals surface area contributed by atoms with E-state index in [1.54, 1.807) is 45.0 Å². The highest BCUT2D eigenvalue weighted by atomic mass is 32.1. The van der Waals surface area contributed by atoms with Crippen molar-refractivity contribution < 1.29 is 28.6 Å². The van der Waals surface area contributed by atoms with Crippen LogP contribution >= 0.6 is 11.3 Å². The van der Waals surface area contributed by atoms with Crippen molar-refractivity contribution in [2.24, 2.45) is 5.92 Å². The topological polar surface area (TPSA) is 128 Å². The van der Waals surface area contributed by atoms with Gasteiger partial charge in [-0.1, -0.05) is 12.1 Å². The molecule has 0 aliphatic carbocycles. The first-order valence-electron chi connectivity index (χ1n) is 11.1. The number of ether oxygens (including phenoxy) is 3. The van der Waals surface area contributed by atoms with Crippen molar-refractivity contribution in [3.8, 4) is 5.75 Å². The fourth-order valence-electron chi connectivity index (χ4n) is 4.02. The summed E-state index contributed by atoms with van der Waals surface area (Å²) in [4.78, 5) is 59.6. The molecule has 0 spiro atoms. The number of aromatic nitrogens is 2. The lowest BCUT2D eigenvalue weighted by molar-refractivity contribution is -0.153. The number of anilines is 1. The zero-order chi connectivity index (χ0) is 25.3. The molecule has 1 N–H and O–H groups in total. The smallest absolute Gasteiger partial charge is 0.348 e. The quantitative estimate of drug-likeness (QED) is 0.491. The Kier molecular flexibility index (Phi) is 6.88. The predicted octanol–water partition coefficient (Wildman–Crippen LogP) is 3.14. The normalized spacial score (nSPS) is 16.4. The Bertz CT molecular complexity index is 1360. The van der Waals surface area contributed by atoms with Crippen molar-refractivity contribution in [3.05, 3.63) is 50.9 Å². The number of carbonyl (C=O) groups is 3. The van der Waals surface area contributed by atoms with Crippen LogP contribution in [0, 0.1) is 12.8 Å². The number of amides is 1. The summed E-state index contributed by atoms with van der Waals surface area (Å²) in [5.74, 6) is -1.29. The first kappa shape index (κ1) is 24.4. The van der Waals surface area contributed by atoms with E-state index in [0.29, 0.717) is 32.1 Å². The average molecular weight is 500 g/mol. The zero-order valence-electron chi connectivity index (χ0n) is 19.7. The Balaban J connectivity index is 1.51. The molecule has 1 fully saturated rings. The average Bonchev–Trinajstić information content (AvgIpc) is 3.39. The third-order valence-electron chi connectivity index (χ3n) is 5.79. The van der Waals surface area contributed by atoms with Gasteiger partial charge in [0.15, 0.2) is 11.9 Å². The van der Waals surface area contributed by atoms with Crippen LogP contribution in [0.5, 0.6) is 5.75 Å². The molecule has 1 aliphatic rings. The Hall–Kier alpha value is -3.73. The Labute approximate surface area is 204 Å². The van der Waals surface area contributed by atoms with Gasteiger partial charge in [0.1, 0.15) is 15.5 Å². The van der Waals surface area contributed by atoms with Crippen LogP contribution in [0.4, 0.5) is 5.69 Å². The number of carbonyl (C=O) groups excluding carboxylic acids is 3. The SMILES string of the molecule is CCOC(=O)c1sc2nc([C@H](C)OC(=O)[C@@H]3CC(=O)N(c4ccccc4OC)C3)[nH]c(=O)c2c1C. The molecule has 0 saturated carbocycles. The van der Waals surface area contributed by atoms with Gasteiger partial charge in [-0.3, -0.25) is 14.4 Å². The molecule has 1 amide bonds. The lowest BCUT2D eigenvalue weighted by Crippen LogP contribution is -2.27. The van der Waals surface area contributed by atoms with Crippen LogP contribution in [0.1, 0.15) is 47.4 Å². The van der Waals surface area contributed by atoms with Gasteiger partial charge in [0.2, 0.25) is 5.91 Å². The molecule has 0 radical (unpaired) electrons. The molecular weight excluding hydrogens is 474 g/mol. The molecule has 1 saturated heterocycles. The standard InChI is InChI=1S/C24H25N3O7S/c1-5-33-24(31)19-12(2)18-21(29)25-20(26-22(18)35-19)13(3)34-23(30)14-10-17(28)27(11-14)15-8-6-7-9-16(15)32-4/h6-9,13-14H,5,10-11H2,1-4H3,(H,25,26,29)/t13-,14+/m0/s1. The molecule has 1 aliphatic heterocycles. The summed E-state index contributed by atoms with van der Waals surface area (Å²) >= 11 is 1.05. The number of H-pyrrole nitrogens is 1. The summed E-state index contributed by atoms with van der Waals surface area (Å²) in [7, 11) is 1.52. The fraction of sp³-hybridized carbons (Fsp3) is 0.375. The van der Waals surface area contributed by atoms with Gasteiger partial charge in [0.25, 0.3) is 5.56 Å². The van der Waals surface area contributed by atoms with Crippen molar-refractivity contribution in [2.75, 3.05) is 25.2 Å². The second-order valence-electron chi connectivity index (χ2n) is 8.06. The molecule has 1 aromatic carbocycles. The van der Waals surface area contributed by atoms with Gasteiger partial charge in [-0.05, 0) is 38.5 Å². The van der Waals surface area contributed by atoms with Crippen molar-refractivity contribution >= 4 is 45.1 Å². The third kappa shape index (κ3) is 4.63. The number of rotatable bonds is 7. The monoisotopic (exact) mass is 499 g/mol. The molecule has 0 bridgehead atoms. The summed E-state index contributed by atoms with van der Waals surface area (Å²) < 4.78 is 15.9. The minimum absolute atomic E-state index is 0.000392. The van der Waals surface area contributed by atoms with Crippen LogP contribution in [0.25, 0.3) is 10.2 Å². The summed E-state index contributed by atoms with van der Waals surface area (Å²) in [5.41, 5.74) is 0.648. The molecule has 10 nitrogen and oxygen atoms in total. The molecular formula is C24H25N3O7S. The van der Waals surface area contributed by atoms with Crippen LogP contribution in [-0.4, -0.2) is 48.1 Å². The Morgan fingerprint density at radius 1 is 1.29 bits per heavy atom. The molecule has 3 aromatic rings. The number of nitrogens with zero attached hydrogens (tertiary/aromatic N) is 2. The van der Waals surface area contributed by atoms with Gasteiger partial charge in [0, 0.05) is 13.0 Å². The van der Waals surface area contributed by atoms with Crippen molar-refractivity contribution in [1.29, 1.82) is 0 Å². The van der Waals surface area contributed by atoms with E-state index < -0.39 is 29.5 Å². The minimum atomic E-state index is -0.872. The highest BCUT2D eigenvalue weighted by Crippen LogP contribution is 2.34. The maximum Gasteiger partial charge on any atom is 0.348 e. The lowest BCUT2D eigenvalue weighted by atomic mass is 10.1. The molecule has 3 heterocycles. The van der Waals surface area contributed by atoms with Gasteiger partial charge in [-0.2, -0.15) is 0 Å². The molecule has 11 heteroatoms. The second kappa shape index (κ2) is 9.87. The van der Waals surface area contributed by atoms with E-state index in [4.69, 9.17) is 14.2 Å². The van der Waals surface area contributed by atoms with Gasteiger partial charge < -0.3 is 24.1 Å². The number of hydrogen-bond donors (Lipinski definition) is 1. The van der Waals surface area contributed by atoms with E-state index in [1.165, 1.54) is 12.0 Å². The number of fused-ring (bicyclic) bond motifs is 1. The van der Waals surface area contributed by atoms with E-state index in [-0.39, 0.29) is 31.3 Å². The van der Waals surface area contributed by atoms with E-state index >= 15 is 0 Å². The number of para-hydroxylation sites is 2. The number of methoxy groups -OCH3 is 1. The first-order valence-corrected chi connectivity index (χ1v) is 11.9. The highest BCUT2D eigenvalue weighted by molar-refractivity contribution is 7.20. The molecule has 184 valence electrons. The van der Waals surface area contributed by atoms with Gasteiger partial charge in [-0.15, -0.1) is 11.3 Å². The second-order valence-corrected chi connectivity index (χ2v) is 9.06. The number of hydrogen-bond acceptors (Lipinski definition) is 9. The van der Waals surface area contributed by atoms with Gasteiger partial charge >= 0.3 is 11.9 Å². The minimum Gasteiger partial charge on any atom is -0.495 e. The van der Waals surface area contributed by atoms with E-state index in [2.05, 4.69) is 9.97 Å². The third-order valence-corrected chi connectivity index (χ3v) is 6.96. The maximum atomic E-state index is 12.9. The van der Waals surface area contributed by atoms with Gasteiger partial charge in [-0.25, -0.2) is 9.78 Å². The summed E-state index contributed by atoms with van der Waals surface area (Å²) in [6.07, 6.45) is -0.872. The highest BCUT2D eigenvalue weighted by Gasteiger charge is 2.38. The van der Waals surface area contributed by atoms with E-state index in [1.807, 2.05) is 0 Å². The Morgan fingerprint density at radius 2 is 2.03 bits per heavy atom. The summed E-state index contributed by atoms with van der Waals surface area (Å²) in [6.45, 7) is 5.32. The first-order chi connectivity index (χ1) is 16.7.